The zero-order valence-corrected chi connectivity index (χ0v) is 9.76. The summed E-state index contributed by atoms with van der Waals surface area (Å²) in [4.78, 5) is 22.6. The standard InChI is InChI=1S/C13H16O4/c1-3-6-10(14)12(13(15)16)17-11-8-5-4-7-9(11)2/h4-5,7-8,11-12H,2-3,6H2,1H3,(H,15,16). The highest BCUT2D eigenvalue weighted by Crippen LogP contribution is 2.16. The molecule has 1 N–H and O–H groups in total. The van der Waals surface area contributed by atoms with Crippen LogP contribution in [0.4, 0.5) is 0 Å². The van der Waals surface area contributed by atoms with E-state index in [1.165, 1.54) is 0 Å². The number of aliphatic carboxylic acids is 1. The van der Waals surface area contributed by atoms with Gasteiger partial charge in [0, 0.05) is 6.42 Å². The van der Waals surface area contributed by atoms with Crippen LogP contribution in [-0.4, -0.2) is 29.1 Å². The largest absolute Gasteiger partial charge is 0.479 e. The highest BCUT2D eigenvalue weighted by atomic mass is 16.5. The first-order valence-electron chi connectivity index (χ1n) is 5.51. The van der Waals surface area contributed by atoms with Gasteiger partial charge in [-0.3, -0.25) is 4.79 Å². The molecule has 17 heavy (non-hydrogen) atoms. The maximum Gasteiger partial charge on any atom is 0.340 e. The summed E-state index contributed by atoms with van der Waals surface area (Å²) in [5, 5.41) is 8.97. The lowest BCUT2D eigenvalue weighted by atomic mass is 10.1. The summed E-state index contributed by atoms with van der Waals surface area (Å²) < 4.78 is 5.29. The second-order valence-corrected chi connectivity index (χ2v) is 3.81. The molecule has 0 aromatic carbocycles. The molecule has 92 valence electrons. The molecule has 2 unspecified atom stereocenters. The van der Waals surface area contributed by atoms with Crippen LogP contribution in [0.5, 0.6) is 0 Å². The fourth-order valence-electron chi connectivity index (χ4n) is 1.49. The minimum atomic E-state index is -1.41. The van der Waals surface area contributed by atoms with Crippen LogP contribution in [0.3, 0.4) is 0 Å². The summed E-state index contributed by atoms with van der Waals surface area (Å²) >= 11 is 0. The average molecular weight is 236 g/mol. The highest BCUT2D eigenvalue weighted by molar-refractivity contribution is 6.01. The molecule has 0 radical (unpaired) electrons. The van der Waals surface area contributed by atoms with Crippen molar-refractivity contribution >= 4 is 11.8 Å². The zero-order valence-electron chi connectivity index (χ0n) is 9.76. The normalized spacial score (nSPS) is 20.3. The Labute approximate surface area is 100 Å². The quantitative estimate of drug-likeness (QED) is 0.715. The third kappa shape index (κ3) is 3.67. The number of ether oxygens (including phenoxy) is 1. The van der Waals surface area contributed by atoms with Crippen LogP contribution in [0.1, 0.15) is 19.8 Å². The second kappa shape index (κ2) is 6.15. The number of ketones is 1. The molecule has 1 rings (SSSR count). The number of Topliss-reactive ketones (excluding diaryl/α,β-unsaturated/α-hetero) is 1. The van der Waals surface area contributed by atoms with Crippen molar-refractivity contribution in [2.75, 3.05) is 0 Å². The predicted molar refractivity (Wildman–Crippen MR) is 63.6 cm³/mol. The van der Waals surface area contributed by atoms with Gasteiger partial charge in [0.1, 0.15) is 6.10 Å². The van der Waals surface area contributed by atoms with Crippen LogP contribution < -0.4 is 0 Å². The van der Waals surface area contributed by atoms with Crippen molar-refractivity contribution in [3.8, 4) is 0 Å². The third-order valence-corrected chi connectivity index (χ3v) is 2.37. The van der Waals surface area contributed by atoms with Crippen molar-refractivity contribution < 1.29 is 19.4 Å². The van der Waals surface area contributed by atoms with Gasteiger partial charge in [0.25, 0.3) is 0 Å². The van der Waals surface area contributed by atoms with E-state index in [9.17, 15) is 9.59 Å². The van der Waals surface area contributed by atoms with Gasteiger partial charge in [-0.2, -0.15) is 0 Å². The van der Waals surface area contributed by atoms with Gasteiger partial charge in [-0.15, -0.1) is 0 Å². The van der Waals surface area contributed by atoms with E-state index < -0.39 is 24.0 Å². The molecule has 4 nitrogen and oxygen atoms in total. The molecule has 4 heteroatoms. The maximum atomic E-state index is 11.6. The number of carboxylic acids is 1. The van der Waals surface area contributed by atoms with E-state index in [1.54, 1.807) is 24.3 Å². The number of carboxylic acid groups (broad SMARTS) is 1. The van der Waals surface area contributed by atoms with Gasteiger partial charge in [0.15, 0.2) is 5.78 Å². The average Bonchev–Trinajstić information content (AvgIpc) is 2.27. The van der Waals surface area contributed by atoms with E-state index in [2.05, 4.69) is 6.58 Å². The van der Waals surface area contributed by atoms with Crippen LogP contribution in [0.15, 0.2) is 36.5 Å². The van der Waals surface area contributed by atoms with E-state index in [0.29, 0.717) is 12.0 Å². The summed E-state index contributed by atoms with van der Waals surface area (Å²) in [7, 11) is 0. The minimum absolute atomic E-state index is 0.204. The van der Waals surface area contributed by atoms with E-state index in [4.69, 9.17) is 9.84 Å². The van der Waals surface area contributed by atoms with Gasteiger partial charge in [-0.1, -0.05) is 37.8 Å². The topological polar surface area (TPSA) is 63.6 Å². The zero-order chi connectivity index (χ0) is 12.8. The van der Waals surface area contributed by atoms with Crippen molar-refractivity contribution in [3.63, 3.8) is 0 Å². The van der Waals surface area contributed by atoms with E-state index >= 15 is 0 Å². The third-order valence-electron chi connectivity index (χ3n) is 2.37. The SMILES string of the molecule is C=C1C=CC=CC1OC(C(=O)O)C(=O)CCC. The molecule has 1 aliphatic carbocycles. The smallest absolute Gasteiger partial charge is 0.340 e. The first kappa shape index (κ1) is 13.4. The van der Waals surface area contributed by atoms with Crippen LogP contribution in [0.25, 0.3) is 0 Å². The molecule has 0 heterocycles. The predicted octanol–water partition coefficient (Wildman–Crippen LogP) is 1.88. The van der Waals surface area contributed by atoms with Crippen LogP contribution in [0, 0.1) is 0 Å². The summed E-state index contributed by atoms with van der Waals surface area (Å²) in [5.41, 5.74) is 0.642. The summed E-state index contributed by atoms with van der Waals surface area (Å²) in [6.45, 7) is 5.56. The highest BCUT2D eigenvalue weighted by Gasteiger charge is 2.29. The Balaban J connectivity index is 2.70. The lowest BCUT2D eigenvalue weighted by Crippen LogP contribution is -2.36. The molecule has 0 aliphatic heterocycles. The molecule has 0 spiro atoms. The van der Waals surface area contributed by atoms with Crippen molar-refractivity contribution in [1.82, 2.24) is 0 Å². The maximum absolute atomic E-state index is 11.6. The van der Waals surface area contributed by atoms with E-state index in [1.807, 2.05) is 6.92 Å². The lowest BCUT2D eigenvalue weighted by molar-refractivity contribution is -0.157. The van der Waals surface area contributed by atoms with E-state index in [-0.39, 0.29) is 6.42 Å². The summed E-state index contributed by atoms with van der Waals surface area (Å²) in [5.74, 6) is -1.66. The Morgan fingerprint density at radius 3 is 2.76 bits per heavy atom. The van der Waals surface area contributed by atoms with Crippen molar-refractivity contribution in [2.24, 2.45) is 0 Å². The van der Waals surface area contributed by atoms with Gasteiger partial charge >= 0.3 is 5.97 Å². The Hall–Kier alpha value is -1.68. The fourth-order valence-corrected chi connectivity index (χ4v) is 1.49. The summed E-state index contributed by atoms with van der Waals surface area (Å²) in [6.07, 6.45) is 5.79. The number of rotatable bonds is 6. The molecule has 0 fully saturated rings. The van der Waals surface area contributed by atoms with Crippen molar-refractivity contribution in [2.45, 2.75) is 32.0 Å². The van der Waals surface area contributed by atoms with Gasteiger partial charge in [-0.05, 0) is 12.0 Å². The number of allylic oxidation sites excluding steroid dienone is 2. The minimum Gasteiger partial charge on any atom is -0.479 e. The Bertz CT molecular complexity index is 379. The van der Waals surface area contributed by atoms with Crippen LogP contribution in [-0.2, 0) is 14.3 Å². The number of carbonyl (C=O) groups excluding carboxylic acids is 1. The van der Waals surface area contributed by atoms with E-state index in [0.717, 1.165) is 0 Å². The number of hydrogen-bond donors (Lipinski definition) is 1. The molecule has 0 aromatic heterocycles. The number of hydrogen-bond acceptors (Lipinski definition) is 3. The van der Waals surface area contributed by atoms with Crippen molar-refractivity contribution in [3.05, 3.63) is 36.5 Å². The first-order valence-corrected chi connectivity index (χ1v) is 5.51. The van der Waals surface area contributed by atoms with Crippen molar-refractivity contribution in [1.29, 1.82) is 0 Å². The molecule has 0 amide bonds. The van der Waals surface area contributed by atoms with Gasteiger partial charge < -0.3 is 9.84 Å². The second-order valence-electron chi connectivity index (χ2n) is 3.81. The lowest BCUT2D eigenvalue weighted by Gasteiger charge is -2.21. The summed E-state index contributed by atoms with van der Waals surface area (Å²) in [6, 6.07) is 0. The Kier molecular flexibility index (Phi) is 4.84. The molecule has 1 aliphatic rings. The van der Waals surface area contributed by atoms with Gasteiger partial charge in [0.05, 0.1) is 0 Å². The fraction of sp³-hybridized carbons (Fsp3) is 0.385. The number of carbonyl (C=O) groups is 2. The molecule has 0 bridgehead atoms. The molecule has 0 saturated heterocycles. The monoisotopic (exact) mass is 236 g/mol. The molecule has 0 saturated carbocycles. The first-order chi connectivity index (χ1) is 8.06. The van der Waals surface area contributed by atoms with Crippen LogP contribution in [0.2, 0.25) is 0 Å². The molecule has 0 aromatic rings. The molecular weight excluding hydrogens is 220 g/mol. The molecular formula is C13H16O4. The van der Waals surface area contributed by atoms with Crippen LogP contribution >= 0.6 is 0 Å². The van der Waals surface area contributed by atoms with Gasteiger partial charge in [0.2, 0.25) is 6.10 Å². The molecule has 2 atom stereocenters. The van der Waals surface area contributed by atoms with Gasteiger partial charge in [-0.25, -0.2) is 4.79 Å². The Morgan fingerprint density at radius 2 is 2.24 bits per heavy atom. The Morgan fingerprint density at radius 1 is 1.53 bits per heavy atom.